The Labute approximate surface area is 115 Å². The molecular weight excluding hydrogens is 262 g/mol. The van der Waals surface area contributed by atoms with Gasteiger partial charge in [0.1, 0.15) is 0 Å². The highest BCUT2D eigenvalue weighted by Gasteiger charge is 2.25. The topological polar surface area (TPSA) is 79.2 Å². The first-order valence-electron chi connectivity index (χ1n) is 6.58. The molecule has 6 heteroatoms. The van der Waals surface area contributed by atoms with Crippen LogP contribution in [0.5, 0.6) is 0 Å². The van der Waals surface area contributed by atoms with Crippen LogP contribution in [0.2, 0.25) is 0 Å². The molecule has 2 aliphatic rings. The lowest BCUT2D eigenvalue weighted by atomic mass is 9.89. The average molecular weight is 279 g/mol. The standard InChI is InChI=1S/C13H17N3O2S/c14-13(18)16-4-1-8(2-5-16)10-7-9-3-6-19-12(9)15-11(10)17/h7-8H,1-6H2,(H2,14,18)(H,15,17). The molecule has 0 bridgehead atoms. The van der Waals surface area contributed by atoms with Crippen molar-refractivity contribution in [2.45, 2.75) is 30.2 Å². The van der Waals surface area contributed by atoms with Crippen molar-refractivity contribution in [3.8, 4) is 0 Å². The fourth-order valence-electron chi connectivity index (χ4n) is 2.87. The van der Waals surface area contributed by atoms with Crippen molar-refractivity contribution in [1.29, 1.82) is 0 Å². The van der Waals surface area contributed by atoms with E-state index in [1.165, 1.54) is 5.56 Å². The smallest absolute Gasteiger partial charge is 0.314 e. The van der Waals surface area contributed by atoms with Gasteiger partial charge >= 0.3 is 6.03 Å². The maximum Gasteiger partial charge on any atom is 0.314 e. The number of nitrogens with two attached hydrogens (primary N) is 1. The number of carbonyl (C=O) groups excluding carboxylic acids is 1. The van der Waals surface area contributed by atoms with Gasteiger partial charge in [-0.1, -0.05) is 0 Å². The number of carbonyl (C=O) groups is 1. The number of pyridine rings is 1. The van der Waals surface area contributed by atoms with Gasteiger partial charge in [-0.2, -0.15) is 0 Å². The number of rotatable bonds is 1. The first kappa shape index (κ1) is 12.6. The van der Waals surface area contributed by atoms with Crippen LogP contribution in [0, 0.1) is 0 Å². The summed E-state index contributed by atoms with van der Waals surface area (Å²) >= 11 is 1.72. The van der Waals surface area contributed by atoms with E-state index in [9.17, 15) is 9.59 Å². The van der Waals surface area contributed by atoms with E-state index in [0.717, 1.165) is 35.6 Å². The summed E-state index contributed by atoms with van der Waals surface area (Å²) in [6, 6.07) is 1.70. The Hall–Kier alpha value is -1.43. The Kier molecular flexibility index (Phi) is 3.26. The van der Waals surface area contributed by atoms with Crippen LogP contribution >= 0.6 is 11.8 Å². The molecule has 3 N–H and O–H groups in total. The molecule has 3 rings (SSSR count). The van der Waals surface area contributed by atoms with Gasteiger partial charge in [0.2, 0.25) is 0 Å². The molecule has 2 amide bonds. The summed E-state index contributed by atoms with van der Waals surface area (Å²) in [4.78, 5) is 27.9. The highest BCUT2D eigenvalue weighted by atomic mass is 32.2. The summed E-state index contributed by atoms with van der Waals surface area (Å²) in [6.45, 7) is 1.29. The van der Waals surface area contributed by atoms with Crippen LogP contribution in [-0.2, 0) is 6.42 Å². The Morgan fingerprint density at radius 2 is 2.16 bits per heavy atom. The number of likely N-dealkylation sites (tertiary alicyclic amines) is 1. The first-order valence-corrected chi connectivity index (χ1v) is 7.57. The van der Waals surface area contributed by atoms with Crippen molar-refractivity contribution in [3.63, 3.8) is 0 Å². The number of nitrogens with one attached hydrogen (secondary N) is 1. The normalized spacial score (nSPS) is 19.5. The molecule has 1 aromatic heterocycles. The minimum Gasteiger partial charge on any atom is -0.351 e. The van der Waals surface area contributed by atoms with Gasteiger partial charge in [0.25, 0.3) is 5.56 Å². The van der Waals surface area contributed by atoms with Crippen LogP contribution in [-0.4, -0.2) is 34.8 Å². The fraction of sp³-hybridized carbons (Fsp3) is 0.538. The maximum absolute atomic E-state index is 12.1. The minimum absolute atomic E-state index is 0.0330. The van der Waals surface area contributed by atoms with Gasteiger partial charge in [-0.05, 0) is 36.8 Å². The number of aromatic amines is 1. The molecule has 1 aromatic rings. The van der Waals surface area contributed by atoms with Crippen molar-refractivity contribution in [2.24, 2.45) is 5.73 Å². The van der Waals surface area contributed by atoms with Gasteiger partial charge in [-0.25, -0.2) is 4.79 Å². The number of amides is 2. The van der Waals surface area contributed by atoms with Crippen molar-refractivity contribution in [2.75, 3.05) is 18.8 Å². The van der Waals surface area contributed by atoms with Gasteiger partial charge in [-0.3, -0.25) is 4.79 Å². The quantitative estimate of drug-likeness (QED) is 0.812. The third kappa shape index (κ3) is 2.36. The van der Waals surface area contributed by atoms with Crippen LogP contribution < -0.4 is 11.3 Å². The molecule has 2 aliphatic heterocycles. The molecule has 102 valence electrons. The monoisotopic (exact) mass is 279 g/mol. The van der Waals surface area contributed by atoms with Crippen LogP contribution in [0.25, 0.3) is 0 Å². The second kappa shape index (κ2) is 4.92. The van der Waals surface area contributed by atoms with E-state index in [-0.39, 0.29) is 17.5 Å². The third-order valence-corrected chi connectivity index (χ3v) is 5.04. The largest absolute Gasteiger partial charge is 0.351 e. The lowest BCUT2D eigenvalue weighted by Crippen LogP contribution is -2.41. The second-order valence-corrected chi connectivity index (χ2v) is 6.21. The van der Waals surface area contributed by atoms with E-state index >= 15 is 0 Å². The maximum atomic E-state index is 12.1. The summed E-state index contributed by atoms with van der Waals surface area (Å²) in [5, 5.41) is 1.03. The summed E-state index contributed by atoms with van der Waals surface area (Å²) in [5.41, 5.74) is 7.45. The number of fused-ring (bicyclic) bond motifs is 1. The van der Waals surface area contributed by atoms with Crippen molar-refractivity contribution in [1.82, 2.24) is 9.88 Å². The van der Waals surface area contributed by atoms with Gasteiger partial charge in [0.15, 0.2) is 0 Å². The number of hydrogen-bond donors (Lipinski definition) is 2. The molecule has 0 atom stereocenters. The first-order chi connectivity index (χ1) is 9.15. The predicted octanol–water partition coefficient (Wildman–Crippen LogP) is 1.28. The molecule has 0 unspecified atom stereocenters. The number of aromatic nitrogens is 1. The molecule has 19 heavy (non-hydrogen) atoms. The lowest BCUT2D eigenvalue weighted by molar-refractivity contribution is 0.190. The zero-order chi connectivity index (χ0) is 13.4. The number of primary amides is 1. The van der Waals surface area contributed by atoms with E-state index in [1.54, 1.807) is 16.7 Å². The number of thioether (sulfide) groups is 1. The Morgan fingerprint density at radius 1 is 1.42 bits per heavy atom. The van der Waals surface area contributed by atoms with Crippen LogP contribution in [0.15, 0.2) is 15.9 Å². The number of nitrogens with zero attached hydrogens (tertiary/aromatic N) is 1. The molecule has 0 saturated carbocycles. The highest BCUT2D eigenvalue weighted by molar-refractivity contribution is 7.99. The summed E-state index contributed by atoms with van der Waals surface area (Å²) < 4.78 is 0. The second-order valence-electron chi connectivity index (χ2n) is 5.11. The van der Waals surface area contributed by atoms with Crippen molar-refractivity contribution < 1.29 is 4.79 Å². The molecule has 0 aliphatic carbocycles. The lowest BCUT2D eigenvalue weighted by Gasteiger charge is -2.30. The van der Waals surface area contributed by atoms with Crippen LogP contribution in [0.1, 0.15) is 29.9 Å². The average Bonchev–Trinajstić information content (AvgIpc) is 2.85. The van der Waals surface area contributed by atoms with Crippen LogP contribution in [0.3, 0.4) is 0 Å². The summed E-state index contributed by atoms with van der Waals surface area (Å²) in [6.07, 6.45) is 2.67. The van der Waals surface area contributed by atoms with E-state index in [0.29, 0.717) is 13.1 Å². The van der Waals surface area contributed by atoms with Crippen LogP contribution in [0.4, 0.5) is 4.79 Å². The summed E-state index contributed by atoms with van der Waals surface area (Å²) in [5.74, 6) is 1.30. The van der Waals surface area contributed by atoms with Crippen molar-refractivity contribution in [3.05, 3.63) is 27.5 Å². The third-order valence-electron chi connectivity index (χ3n) is 3.97. The number of hydrogen-bond acceptors (Lipinski definition) is 3. The molecule has 5 nitrogen and oxygen atoms in total. The zero-order valence-electron chi connectivity index (χ0n) is 10.6. The van der Waals surface area contributed by atoms with Gasteiger partial charge in [0, 0.05) is 24.4 Å². The Balaban J connectivity index is 1.81. The summed E-state index contributed by atoms with van der Waals surface area (Å²) in [7, 11) is 0. The molecular formula is C13H17N3O2S. The Bertz CT molecular complexity index is 561. The van der Waals surface area contributed by atoms with E-state index < -0.39 is 0 Å². The predicted molar refractivity (Wildman–Crippen MR) is 74.6 cm³/mol. The SMILES string of the molecule is NC(=O)N1CCC(c2cc3c([nH]c2=O)SCC3)CC1. The van der Waals surface area contributed by atoms with E-state index in [1.807, 2.05) is 0 Å². The number of H-pyrrole nitrogens is 1. The number of piperidine rings is 1. The van der Waals surface area contributed by atoms with Gasteiger partial charge in [0.05, 0.1) is 5.03 Å². The number of aryl methyl sites for hydroxylation is 1. The van der Waals surface area contributed by atoms with E-state index in [2.05, 4.69) is 11.1 Å². The fourth-order valence-corrected chi connectivity index (χ4v) is 3.90. The van der Waals surface area contributed by atoms with Gasteiger partial charge in [-0.15, -0.1) is 11.8 Å². The van der Waals surface area contributed by atoms with Crippen molar-refractivity contribution >= 4 is 17.8 Å². The molecule has 1 saturated heterocycles. The van der Waals surface area contributed by atoms with E-state index in [4.69, 9.17) is 5.73 Å². The Morgan fingerprint density at radius 3 is 2.84 bits per heavy atom. The molecule has 3 heterocycles. The molecule has 1 fully saturated rings. The van der Waals surface area contributed by atoms with Gasteiger partial charge < -0.3 is 15.6 Å². The number of urea groups is 1. The highest BCUT2D eigenvalue weighted by Crippen LogP contribution is 2.32. The molecule has 0 spiro atoms. The zero-order valence-corrected chi connectivity index (χ0v) is 11.5. The molecule has 0 radical (unpaired) electrons. The minimum atomic E-state index is -0.363. The molecule has 0 aromatic carbocycles.